The fourth-order valence-electron chi connectivity index (χ4n) is 4.56. The predicted molar refractivity (Wildman–Crippen MR) is 128 cm³/mol. The highest BCUT2D eigenvalue weighted by Crippen LogP contribution is 2.23. The van der Waals surface area contributed by atoms with E-state index in [-0.39, 0.29) is 11.7 Å². The molecule has 2 heterocycles. The van der Waals surface area contributed by atoms with Crippen molar-refractivity contribution in [3.8, 4) is 0 Å². The van der Waals surface area contributed by atoms with Crippen molar-refractivity contribution in [2.45, 2.75) is 19.4 Å². The van der Waals surface area contributed by atoms with Crippen LogP contribution in [0.1, 0.15) is 28.8 Å². The number of carbonyl (C=O) groups excluding carboxylic acids is 1. The number of rotatable bonds is 8. The number of piperidine rings is 1. The second-order valence-corrected chi connectivity index (χ2v) is 9.12. The van der Waals surface area contributed by atoms with Crippen LogP contribution in [0.3, 0.4) is 0 Å². The standard InChI is InChI=1S/C26H32FN5O/c1-30(2)15-16-32(26(33)22-9-5-11-24-25(22)29-13-12-28-24)18-20-7-6-14-31(17-20)19-21-8-3-4-10-23(21)27/h3-5,8-13,20H,6-7,14-19H2,1-2H3. The van der Waals surface area contributed by atoms with Gasteiger partial charge in [0.25, 0.3) is 5.91 Å². The fraction of sp³-hybridized carbons (Fsp3) is 0.423. The zero-order valence-electron chi connectivity index (χ0n) is 19.5. The molecule has 2 aromatic carbocycles. The number of halogens is 1. The number of aromatic nitrogens is 2. The highest BCUT2D eigenvalue weighted by atomic mass is 19.1. The monoisotopic (exact) mass is 449 g/mol. The van der Waals surface area contributed by atoms with Gasteiger partial charge in [-0.1, -0.05) is 24.3 Å². The van der Waals surface area contributed by atoms with Crippen molar-refractivity contribution in [3.63, 3.8) is 0 Å². The van der Waals surface area contributed by atoms with Gasteiger partial charge in [0, 0.05) is 50.7 Å². The van der Waals surface area contributed by atoms with E-state index in [1.54, 1.807) is 18.5 Å². The van der Waals surface area contributed by atoms with E-state index in [0.717, 1.165) is 43.6 Å². The summed E-state index contributed by atoms with van der Waals surface area (Å²) in [6.45, 7) is 4.52. The minimum Gasteiger partial charge on any atom is -0.337 e. The van der Waals surface area contributed by atoms with Gasteiger partial charge in [0.1, 0.15) is 11.3 Å². The van der Waals surface area contributed by atoms with Gasteiger partial charge in [-0.2, -0.15) is 0 Å². The van der Waals surface area contributed by atoms with Gasteiger partial charge in [-0.05, 0) is 57.6 Å². The van der Waals surface area contributed by atoms with Crippen molar-refractivity contribution < 1.29 is 9.18 Å². The Bertz CT molecular complexity index is 1080. The first-order chi connectivity index (χ1) is 16.0. The third kappa shape index (κ3) is 5.92. The van der Waals surface area contributed by atoms with Crippen LogP contribution in [0.5, 0.6) is 0 Å². The van der Waals surface area contributed by atoms with E-state index in [1.165, 1.54) is 6.07 Å². The van der Waals surface area contributed by atoms with Crippen LogP contribution in [0, 0.1) is 11.7 Å². The average molecular weight is 450 g/mol. The van der Waals surface area contributed by atoms with Crippen LogP contribution in [0.15, 0.2) is 54.9 Å². The van der Waals surface area contributed by atoms with Gasteiger partial charge in [-0.15, -0.1) is 0 Å². The van der Waals surface area contributed by atoms with Crippen LogP contribution >= 0.6 is 0 Å². The number of carbonyl (C=O) groups is 1. The van der Waals surface area contributed by atoms with Crippen LogP contribution < -0.4 is 0 Å². The molecule has 3 aromatic rings. The van der Waals surface area contributed by atoms with Crippen molar-refractivity contribution in [1.82, 2.24) is 24.7 Å². The Balaban J connectivity index is 1.49. The first-order valence-electron chi connectivity index (χ1n) is 11.6. The van der Waals surface area contributed by atoms with Crippen LogP contribution in [0.4, 0.5) is 4.39 Å². The molecule has 1 fully saturated rings. The topological polar surface area (TPSA) is 52.6 Å². The van der Waals surface area contributed by atoms with Crippen molar-refractivity contribution in [1.29, 1.82) is 0 Å². The number of hydrogen-bond acceptors (Lipinski definition) is 5. The van der Waals surface area contributed by atoms with E-state index in [0.29, 0.717) is 36.6 Å². The maximum absolute atomic E-state index is 14.2. The third-order valence-electron chi connectivity index (χ3n) is 6.27. The highest BCUT2D eigenvalue weighted by Gasteiger charge is 2.26. The van der Waals surface area contributed by atoms with E-state index < -0.39 is 0 Å². The van der Waals surface area contributed by atoms with Crippen LogP contribution in [0.2, 0.25) is 0 Å². The van der Waals surface area contributed by atoms with Gasteiger partial charge in [0.2, 0.25) is 0 Å². The van der Waals surface area contributed by atoms with Crippen molar-refractivity contribution in [2.24, 2.45) is 5.92 Å². The summed E-state index contributed by atoms with van der Waals surface area (Å²) in [6, 6.07) is 12.6. The normalized spacial score (nSPS) is 16.9. The lowest BCUT2D eigenvalue weighted by Crippen LogP contribution is -2.44. The van der Waals surface area contributed by atoms with Gasteiger partial charge in [-0.3, -0.25) is 19.7 Å². The van der Waals surface area contributed by atoms with E-state index >= 15 is 0 Å². The molecule has 1 saturated heterocycles. The smallest absolute Gasteiger partial charge is 0.256 e. The molecule has 0 spiro atoms. The van der Waals surface area contributed by atoms with Gasteiger partial charge in [0.05, 0.1) is 11.1 Å². The van der Waals surface area contributed by atoms with Gasteiger partial charge >= 0.3 is 0 Å². The second kappa shape index (κ2) is 10.8. The molecule has 174 valence electrons. The zero-order chi connectivity index (χ0) is 23.2. The number of amides is 1. The summed E-state index contributed by atoms with van der Waals surface area (Å²) in [7, 11) is 4.03. The Morgan fingerprint density at radius 1 is 1.09 bits per heavy atom. The Hall–Kier alpha value is -2.90. The Labute approximate surface area is 195 Å². The summed E-state index contributed by atoms with van der Waals surface area (Å²) in [6.07, 6.45) is 5.39. The quantitative estimate of drug-likeness (QED) is 0.525. The predicted octanol–water partition coefficient (Wildman–Crippen LogP) is 3.68. The van der Waals surface area contributed by atoms with Crippen molar-refractivity contribution in [3.05, 3.63) is 71.8 Å². The number of benzene rings is 2. The minimum absolute atomic E-state index is 0.00539. The molecular weight excluding hydrogens is 417 g/mol. The highest BCUT2D eigenvalue weighted by molar-refractivity contribution is 6.04. The van der Waals surface area contributed by atoms with E-state index in [9.17, 15) is 9.18 Å². The number of fused-ring (bicyclic) bond motifs is 1. The molecule has 1 amide bonds. The maximum Gasteiger partial charge on any atom is 0.256 e. The van der Waals surface area contributed by atoms with Gasteiger partial charge < -0.3 is 9.80 Å². The lowest BCUT2D eigenvalue weighted by molar-refractivity contribution is 0.0661. The molecule has 1 aromatic heterocycles. The molecule has 6 nitrogen and oxygen atoms in total. The largest absolute Gasteiger partial charge is 0.337 e. The molecule has 4 rings (SSSR count). The molecule has 0 aliphatic carbocycles. The maximum atomic E-state index is 14.2. The van der Waals surface area contributed by atoms with E-state index in [4.69, 9.17) is 0 Å². The molecular formula is C26H32FN5O. The molecule has 0 N–H and O–H groups in total. The third-order valence-corrected chi connectivity index (χ3v) is 6.27. The van der Waals surface area contributed by atoms with E-state index in [1.807, 2.05) is 49.3 Å². The lowest BCUT2D eigenvalue weighted by atomic mass is 9.96. The number of hydrogen-bond donors (Lipinski definition) is 0. The molecule has 1 aliphatic heterocycles. The molecule has 0 bridgehead atoms. The number of nitrogens with zero attached hydrogens (tertiary/aromatic N) is 5. The lowest BCUT2D eigenvalue weighted by Gasteiger charge is -2.36. The molecule has 0 saturated carbocycles. The fourth-order valence-corrected chi connectivity index (χ4v) is 4.56. The number of likely N-dealkylation sites (tertiary alicyclic amines) is 1. The summed E-state index contributed by atoms with van der Waals surface area (Å²) >= 11 is 0. The van der Waals surface area contributed by atoms with Crippen LogP contribution in [-0.4, -0.2) is 77.4 Å². The zero-order valence-corrected chi connectivity index (χ0v) is 19.5. The Kier molecular flexibility index (Phi) is 7.62. The van der Waals surface area contributed by atoms with Crippen molar-refractivity contribution >= 4 is 16.9 Å². The minimum atomic E-state index is -0.153. The number of likely N-dealkylation sites (N-methyl/N-ethyl adjacent to an activating group) is 1. The Morgan fingerprint density at radius 2 is 1.91 bits per heavy atom. The summed E-state index contributed by atoms with van der Waals surface area (Å²) in [5.74, 6) is 0.186. The van der Waals surface area contributed by atoms with Crippen LogP contribution in [0.25, 0.3) is 11.0 Å². The first kappa shape index (κ1) is 23.3. The molecule has 7 heteroatoms. The van der Waals surface area contributed by atoms with Crippen LogP contribution in [-0.2, 0) is 6.54 Å². The SMILES string of the molecule is CN(C)CCN(CC1CCCN(Cc2ccccc2F)C1)C(=O)c1cccc2nccnc12. The van der Waals surface area contributed by atoms with Crippen molar-refractivity contribution in [2.75, 3.05) is 46.8 Å². The Morgan fingerprint density at radius 3 is 2.73 bits per heavy atom. The van der Waals surface area contributed by atoms with Gasteiger partial charge in [-0.25, -0.2) is 4.39 Å². The summed E-state index contributed by atoms with van der Waals surface area (Å²) < 4.78 is 14.2. The molecule has 33 heavy (non-hydrogen) atoms. The van der Waals surface area contributed by atoms with Gasteiger partial charge in [0.15, 0.2) is 0 Å². The summed E-state index contributed by atoms with van der Waals surface area (Å²) in [5.41, 5.74) is 2.70. The molecule has 1 unspecified atom stereocenters. The molecule has 0 radical (unpaired) electrons. The molecule has 1 aliphatic rings. The molecule has 1 atom stereocenters. The van der Waals surface area contributed by atoms with E-state index in [2.05, 4.69) is 19.8 Å². The number of para-hydroxylation sites is 1. The summed E-state index contributed by atoms with van der Waals surface area (Å²) in [5, 5.41) is 0. The average Bonchev–Trinajstić information content (AvgIpc) is 2.82. The second-order valence-electron chi connectivity index (χ2n) is 9.12. The first-order valence-corrected chi connectivity index (χ1v) is 11.6. The summed E-state index contributed by atoms with van der Waals surface area (Å²) in [4.78, 5) is 28.8.